The molecule has 1 aliphatic heterocycles. The monoisotopic (exact) mass is 298 g/mol. The van der Waals surface area contributed by atoms with Gasteiger partial charge in [0, 0.05) is 18.2 Å². The van der Waals surface area contributed by atoms with Crippen molar-refractivity contribution in [3.63, 3.8) is 0 Å². The number of rotatable bonds is 4. The van der Waals surface area contributed by atoms with Gasteiger partial charge in [0.05, 0.1) is 0 Å². The first-order valence-corrected chi connectivity index (χ1v) is 7.21. The quantitative estimate of drug-likeness (QED) is 0.794. The molecule has 3 N–H and O–H groups in total. The number of aromatic amines is 1. The van der Waals surface area contributed by atoms with E-state index in [0.29, 0.717) is 11.6 Å². The van der Waals surface area contributed by atoms with Crippen LogP contribution in [0.25, 0.3) is 0 Å². The molecule has 1 aliphatic carbocycles. The van der Waals surface area contributed by atoms with Crippen LogP contribution in [-0.4, -0.2) is 35.7 Å². The van der Waals surface area contributed by atoms with Crippen LogP contribution in [0, 0.1) is 5.41 Å². The van der Waals surface area contributed by atoms with Crippen LogP contribution in [0.2, 0.25) is 0 Å². The lowest BCUT2D eigenvalue weighted by molar-refractivity contribution is 0.0917. The minimum atomic E-state index is -0.0529. The highest BCUT2D eigenvalue weighted by Crippen LogP contribution is 2.39. The van der Waals surface area contributed by atoms with Crippen molar-refractivity contribution in [3.05, 3.63) is 17.5 Å². The maximum absolute atomic E-state index is 12.1. The number of nitrogens with zero attached hydrogens (tertiary/aromatic N) is 1. The number of amides is 1. The van der Waals surface area contributed by atoms with E-state index in [0.717, 1.165) is 38.2 Å². The molecule has 1 saturated carbocycles. The SMILES string of the molecule is CC1(CNC(=O)c2cc(C3CC3)[nH]n2)CCNCC1.Cl. The van der Waals surface area contributed by atoms with Gasteiger partial charge in [-0.1, -0.05) is 6.92 Å². The van der Waals surface area contributed by atoms with Gasteiger partial charge in [-0.2, -0.15) is 5.10 Å². The second-order valence-corrected chi connectivity index (χ2v) is 6.23. The number of halogens is 1. The summed E-state index contributed by atoms with van der Waals surface area (Å²) in [6.45, 7) is 5.06. The van der Waals surface area contributed by atoms with Crippen molar-refractivity contribution in [2.45, 2.75) is 38.5 Å². The van der Waals surface area contributed by atoms with Crippen LogP contribution < -0.4 is 10.6 Å². The van der Waals surface area contributed by atoms with Crippen molar-refractivity contribution >= 4 is 18.3 Å². The average Bonchev–Trinajstić information content (AvgIpc) is 3.15. The predicted octanol–water partition coefficient (Wildman–Crippen LogP) is 1.83. The number of carbonyl (C=O) groups excluding carboxylic acids is 1. The second kappa shape index (κ2) is 6.14. The minimum absolute atomic E-state index is 0. The van der Waals surface area contributed by atoms with Crippen molar-refractivity contribution in [2.75, 3.05) is 19.6 Å². The van der Waals surface area contributed by atoms with Crippen LogP contribution in [-0.2, 0) is 0 Å². The minimum Gasteiger partial charge on any atom is -0.350 e. The van der Waals surface area contributed by atoms with Gasteiger partial charge in [0.15, 0.2) is 0 Å². The zero-order chi connectivity index (χ0) is 13.3. The smallest absolute Gasteiger partial charge is 0.271 e. The summed E-state index contributed by atoms with van der Waals surface area (Å²) in [5, 5.41) is 13.5. The lowest BCUT2D eigenvalue weighted by atomic mass is 9.81. The average molecular weight is 299 g/mol. The van der Waals surface area contributed by atoms with Gasteiger partial charge < -0.3 is 10.6 Å². The molecule has 0 atom stereocenters. The number of hydrogen-bond acceptors (Lipinski definition) is 3. The van der Waals surface area contributed by atoms with Crippen molar-refractivity contribution in [1.29, 1.82) is 0 Å². The van der Waals surface area contributed by atoms with Gasteiger partial charge in [0.25, 0.3) is 5.91 Å². The third kappa shape index (κ3) is 3.52. The number of piperidine rings is 1. The van der Waals surface area contributed by atoms with Crippen LogP contribution in [0.1, 0.15) is 54.7 Å². The van der Waals surface area contributed by atoms with Gasteiger partial charge in [-0.3, -0.25) is 9.89 Å². The summed E-state index contributed by atoms with van der Waals surface area (Å²) in [4.78, 5) is 12.1. The molecule has 0 radical (unpaired) electrons. The Labute approximate surface area is 125 Å². The molecule has 6 heteroatoms. The first kappa shape index (κ1) is 15.3. The number of H-pyrrole nitrogens is 1. The van der Waals surface area contributed by atoms with E-state index < -0.39 is 0 Å². The third-order valence-corrected chi connectivity index (χ3v) is 4.33. The van der Waals surface area contributed by atoms with Gasteiger partial charge in [-0.25, -0.2) is 0 Å². The molecule has 2 fully saturated rings. The summed E-state index contributed by atoms with van der Waals surface area (Å²) in [7, 11) is 0. The van der Waals surface area contributed by atoms with E-state index in [4.69, 9.17) is 0 Å². The van der Waals surface area contributed by atoms with Crippen LogP contribution in [0.4, 0.5) is 0 Å². The molecule has 1 saturated heterocycles. The van der Waals surface area contributed by atoms with Crippen molar-refractivity contribution < 1.29 is 4.79 Å². The standard InChI is InChI=1S/C14H22N4O.ClH/c1-14(4-6-15-7-5-14)9-16-13(19)12-8-11(17-18-12)10-2-3-10;/h8,10,15H,2-7,9H2,1H3,(H,16,19)(H,17,18);1H. The topological polar surface area (TPSA) is 69.8 Å². The van der Waals surface area contributed by atoms with E-state index >= 15 is 0 Å². The number of nitrogens with one attached hydrogen (secondary N) is 3. The third-order valence-electron chi connectivity index (χ3n) is 4.33. The largest absolute Gasteiger partial charge is 0.350 e. The van der Waals surface area contributed by atoms with Crippen molar-refractivity contribution in [1.82, 2.24) is 20.8 Å². The predicted molar refractivity (Wildman–Crippen MR) is 80.4 cm³/mol. The summed E-state index contributed by atoms with van der Waals surface area (Å²) in [6, 6.07) is 1.90. The molecule has 112 valence electrons. The van der Waals surface area contributed by atoms with E-state index in [2.05, 4.69) is 27.8 Å². The molecule has 2 heterocycles. The van der Waals surface area contributed by atoms with E-state index in [-0.39, 0.29) is 23.7 Å². The fourth-order valence-corrected chi connectivity index (χ4v) is 2.65. The molecule has 0 aromatic carbocycles. The number of aromatic nitrogens is 2. The van der Waals surface area contributed by atoms with Gasteiger partial charge in [-0.15, -0.1) is 12.4 Å². The molecule has 1 aromatic rings. The zero-order valence-corrected chi connectivity index (χ0v) is 12.7. The van der Waals surface area contributed by atoms with Gasteiger partial charge in [0.2, 0.25) is 0 Å². The summed E-state index contributed by atoms with van der Waals surface area (Å²) in [5.41, 5.74) is 1.86. The first-order chi connectivity index (χ1) is 9.16. The summed E-state index contributed by atoms with van der Waals surface area (Å²) in [6.07, 6.45) is 4.66. The number of hydrogen-bond donors (Lipinski definition) is 3. The Bertz CT molecular complexity index is 463. The zero-order valence-electron chi connectivity index (χ0n) is 11.9. The van der Waals surface area contributed by atoms with Crippen molar-refractivity contribution in [3.8, 4) is 0 Å². The molecule has 0 unspecified atom stereocenters. The highest BCUT2D eigenvalue weighted by atomic mass is 35.5. The van der Waals surface area contributed by atoms with Crippen LogP contribution in [0.5, 0.6) is 0 Å². The van der Waals surface area contributed by atoms with Crippen molar-refractivity contribution in [2.24, 2.45) is 5.41 Å². The normalized spacial score (nSPS) is 21.1. The Morgan fingerprint density at radius 3 is 2.80 bits per heavy atom. The van der Waals surface area contributed by atoms with E-state index in [1.807, 2.05) is 6.07 Å². The van der Waals surface area contributed by atoms with Crippen LogP contribution >= 0.6 is 12.4 Å². The Kier molecular flexibility index (Phi) is 4.70. The molecular weight excluding hydrogens is 276 g/mol. The highest BCUT2D eigenvalue weighted by molar-refractivity contribution is 5.92. The molecule has 5 nitrogen and oxygen atoms in total. The molecule has 1 amide bonds. The lowest BCUT2D eigenvalue weighted by Crippen LogP contribution is -2.42. The summed E-state index contributed by atoms with van der Waals surface area (Å²) < 4.78 is 0. The molecule has 0 bridgehead atoms. The number of carbonyl (C=O) groups is 1. The van der Waals surface area contributed by atoms with E-state index in [1.54, 1.807) is 0 Å². The van der Waals surface area contributed by atoms with Gasteiger partial charge >= 0.3 is 0 Å². The maximum Gasteiger partial charge on any atom is 0.271 e. The Morgan fingerprint density at radius 1 is 1.45 bits per heavy atom. The lowest BCUT2D eigenvalue weighted by Gasteiger charge is -2.34. The fraction of sp³-hybridized carbons (Fsp3) is 0.714. The van der Waals surface area contributed by atoms with E-state index in [1.165, 1.54) is 12.8 Å². The second-order valence-electron chi connectivity index (χ2n) is 6.23. The fourth-order valence-electron chi connectivity index (χ4n) is 2.65. The molecule has 3 rings (SSSR count). The molecule has 2 aliphatic rings. The van der Waals surface area contributed by atoms with Gasteiger partial charge in [0.1, 0.15) is 5.69 Å². The van der Waals surface area contributed by atoms with Gasteiger partial charge in [-0.05, 0) is 50.3 Å². The summed E-state index contributed by atoms with van der Waals surface area (Å²) >= 11 is 0. The Hall–Kier alpha value is -1.07. The Balaban J connectivity index is 0.00000147. The summed E-state index contributed by atoms with van der Waals surface area (Å²) in [5.74, 6) is 0.555. The Morgan fingerprint density at radius 2 is 2.15 bits per heavy atom. The van der Waals surface area contributed by atoms with Crippen LogP contribution in [0.3, 0.4) is 0 Å². The molecular formula is C14H23ClN4O. The maximum atomic E-state index is 12.1. The van der Waals surface area contributed by atoms with E-state index in [9.17, 15) is 4.79 Å². The molecule has 1 aromatic heterocycles. The van der Waals surface area contributed by atoms with Crippen LogP contribution in [0.15, 0.2) is 6.07 Å². The molecule has 0 spiro atoms. The first-order valence-electron chi connectivity index (χ1n) is 7.21. The molecule has 20 heavy (non-hydrogen) atoms. The highest BCUT2D eigenvalue weighted by Gasteiger charge is 2.29.